The van der Waals surface area contributed by atoms with Crippen LogP contribution in [0, 0.1) is 0 Å². The number of carbonyl (C=O) groups is 1. The number of fused-ring (bicyclic) bond motifs is 3. The number of carbonyl (C=O) groups excluding carboxylic acids is 1. The smallest absolute Gasteiger partial charge is 0.202 e. The van der Waals surface area contributed by atoms with E-state index in [1.807, 2.05) is 12.1 Å². The van der Waals surface area contributed by atoms with Crippen LogP contribution in [0.3, 0.4) is 0 Å². The number of benzene rings is 1. The summed E-state index contributed by atoms with van der Waals surface area (Å²) in [4.78, 5) is 14.1. The van der Waals surface area contributed by atoms with Gasteiger partial charge in [0.2, 0.25) is 5.78 Å². The Kier molecular flexibility index (Phi) is 2.91. The van der Waals surface area contributed by atoms with E-state index in [0.29, 0.717) is 11.7 Å². The van der Waals surface area contributed by atoms with Crippen LogP contribution in [0.1, 0.15) is 16.9 Å². The van der Waals surface area contributed by atoms with Crippen LogP contribution in [0.4, 0.5) is 0 Å². The van der Waals surface area contributed by atoms with Crippen LogP contribution in [0.5, 0.6) is 0 Å². The molecule has 0 saturated carbocycles. The summed E-state index contributed by atoms with van der Waals surface area (Å²) < 4.78 is 0. The third-order valence-electron chi connectivity index (χ3n) is 4.87. The van der Waals surface area contributed by atoms with Crippen LogP contribution in [-0.4, -0.2) is 40.7 Å². The Balaban J connectivity index is 1.56. The number of piperazine rings is 1. The fraction of sp³-hybridized carbons (Fsp3) is 0.294. The lowest BCUT2D eigenvalue weighted by molar-refractivity contribution is 0.0927. The number of hydrogen-bond donors (Lipinski definition) is 3. The van der Waals surface area contributed by atoms with Gasteiger partial charge in [-0.15, -0.1) is 11.3 Å². The van der Waals surface area contributed by atoms with Crippen LogP contribution < -0.4 is 10.6 Å². The Labute approximate surface area is 137 Å². The molecule has 2 saturated heterocycles. The monoisotopic (exact) mass is 324 g/mol. The van der Waals surface area contributed by atoms with Crippen molar-refractivity contribution >= 4 is 28.0 Å². The third-order valence-corrected chi connectivity index (χ3v) is 5.79. The zero-order valence-corrected chi connectivity index (χ0v) is 13.2. The van der Waals surface area contributed by atoms with Gasteiger partial charge in [0.05, 0.1) is 11.6 Å². The second kappa shape index (κ2) is 4.99. The van der Waals surface area contributed by atoms with Crippen molar-refractivity contribution in [2.24, 2.45) is 0 Å². The summed E-state index contributed by atoms with van der Waals surface area (Å²) in [5, 5.41) is 17.1. The van der Waals surface area contributed by atoms with E-state index in [4.69, 9.17) is 0 Å². The van der Waals surface area contributed by atoms with Crippen LogP contribution in [-0.2, 0) is 0 Å². The van der Waals surface area contributed by atoms with E-state index in [1.165, 1.54) is 4.88 Å². The average Bonchev–Trinajstić information content (AvgIpc) is 3.36. The van der Waals surface area contributed by atoms with E-state index in [0.717, 1.165) is 29.4 Å². The molecule has 0 spiro atoms. The minimum Gasteiger partial charge on any atom is -0.310 e. The molecule has 1 unspecified atom stereocenters. The van der Waals surface area contributed by atoms with Gasteiger partial charge in [-0.05, 0) is 35.6 Å². The summed E-state index contributed by atoms with van der Waals surface area (Å²) in [7, 11) is 0. The van der Waals surface area contributed by atoms with Crippen molar-refractivity contribution in [2.75, 3.05) is 6.54 Å². The molecule has 5 rings (SSSR count). The Bertz CT molecular complexity index is 885. The second-order valence-electron chi connectivity index (χ2n) is 6.27. The van der Waals surface area contributed by atoms with Gasteiger partial charge in [-0.1, -0.05) is 12.1 Å². The van der Waals surface area contributed by atoms with Gasteiger partial charge in [0.1, 0.15) is 5.69 Å². The van der Waals surface area contributed by atoms with Crippen molar-refractivity contribution in [2.45, 2.75) is 24.5 Å². The molecule has 1 aromatic carbocycles. The summed E-state index contributed by atoms with van der Waals surface area (Å²) >= 11 is 1.70. The quantitative estimate of drug-likeness (QED) is 0.646. The van der Waals surface area contributed by atoms with Crippen molar-refractivity contribution in [1.82, 2.24) is 20.8 Å². The molecule has 23 heavy (non-hydrogen) atoms. The van der Waals surface area contributed by atoms with Gasteiger partial charge in [0.25, 0.3) is 0 Å². The van der Waals surface area contributed by atoms with Crippen LogP contribution in [0.25, 0.3) is 21.3 Å². The molecular formula is C17H16N4OS. The largest absolute Gasteiger partial charge is 0.310 e. The van der Waals surface area contributed by atoms with Crippen molar-refractivity contribution in [1.29, 1.82) is 0 Å². The number of aromatic amines is 1. The minimum atomic E-state index is -0.161. The minimum absolute atomic E-state index is 0.0827. The van der Waals surface area contributed by atoms with Crippen molar-refractivity contribution in [3.8, 4) is 10.4 Å². The Morgan fingerprint density at radius 3 is 3.00 bits per heavy atom. The molecule has 3 aromatic rings. The number of thiophene rings is 1. The number of rotatable bonds is 3. The number of hydrogen-bond acceptors (Lipinski definition) is 5. The molecular weight excluding hydrogens is 308 g/mol. The zero-order valence-electron chi connectivity index (χ0n) is 12.4. The average molecular weight is 324 g/mol. The second-order valence-corrected chi connectivity index (χ2v) is 7.21. The Morgan fingerprint density at radius 2 is 2.26 bits per heavy atom. The first-order valence-electron chi connectivity index (χ1n) is 7.85. The molecule has 116 valence electrons. The summed E-state index contributed by atoms with van der Waals surface area (Å²) in [6.07, 6.45) is 1.03. The highest BCUT2D eigenvalue weighted by molar-refractivity contribution is 7.13. The molecule has 2 aliphatic rings. The van der Waals surface area contributed by atoms with Gasteiger partial charge >= 0.3 is 0 Å². The predicted molar refractivity (Wildman–Crippen MR) is 90.9 cm³/mol. The highest BCUT2D eigenvalue weighted by Crippen LogP contribution is 2.30. The lowest BCUT2D eigenvalue weighted by atomic mass is 10.0. The van der Waals surface area contributed by atoms with Gasteiger partial charge in [0.15, 0.2) is 0 Å². The zero-order chi connectivity index (χ0) is 15.4. The normalized spacial score (nSPS) is 26.2. The lowest BCUT2D eigenvalue weighted by Crippen LogP contribution is -2.52. The maximum atomic E-state index is 12.9. The maximum Gasteiger partial charge on any atom is 0.202 e. The van der Waals surface area contributed by atoms with E-state index in [9.17, 15) is 4.79 Å². The van der Waals surface area contributed by atoms with Crippen molar-refractivity contribution < 1.29 is 4.79 Å². The van der Waals surface area contributed by atoms with Crippen LogP contribution >= 0.6 is 11.3 Å². The molecule has 0 aliphatic carbocycles. The summed E-state index contributed by atoms with van der Waals surface area (Å²) in [5.74, 6) is 0.0827. The first-order valence-corrected chi connectivity index (χ1v) is 8.73. The first-order chi connectivity index (χ1) is 11.3. The van der Waals surface area contributed by atoms with E-state index in [1.54, 1.807) is 11.3 Å². The Morgan fingerprint density at radius 1 is 1.30 bits per heavy atom. The molecule has 6 heteroatoms. The maximum absolute atomic E-state index is 12.9. The highest BCUT2D eigenvalue weighted by atomic mass is 32.1. The van der Waals surface area contributed by atoms with Crippen LogP contribution in [0.15, 0.2) is 35.7 Å². The van der Waals surface area contributed by atoms with Crippen molar-refractivity contribution in [3.63, 3.8) is 0 Å². The van der Waals surface area contributed by atoms with E-state index in [-0.39, 0.29) is 17.9 Å². The van der Waals surface area contributed by atoms with Gasteiger partial charge in [-0.3, -0.25) is 9.89 Å². The van der Waals surface area contributed by atoms with Crippen LogP contribution in [0.2, 0.25) is 0 Å². The molecule has 5 nitrogen and oxygen atoms in total. The molecule has 3 N–H and O–H groups in total. The molecule has 2 bridgehead atoms. The van der Waals surface area contributed by atoms with E-state index >= 15 is 0 Å². The fourth-order valence-corrected chi connectivity index (χ4v) is 4.45. The lowest BCUT2D eigenvalue weighted by Gasteiger charge is -2.22. The summed E-state index contributed by atoms with van der Waals surface area (Å²) in [5.41, 5.74) is 2.58. The molecule has 2 aromatic heterocycles. The number of aromatic nitrogens is 2. The first kappa shape index (κ1) is 13.4. The van der Waals surface area contributed by atoms with Crippen molar-refractivity contribution in [3.05, 3.63) is 41.4 Å². The predicted octanol–water partition coefficient (Wildman–Crippen LogP) is 2.18. The van der Waals surface area contributed by atoms with Gasteiger partial charge in [-0.2, -0.15) is 5.10 Å². The number of H-pyrrole nitrogens is 1. The fourth-order valence-electron chi connectivity index (χ4n) is 3.72. The standard InChI is InChI=1S/C17H16N4OS/c22-17(16-13-7-10(19-16)8-18-13)15-11-6-9(14-2-1-5-23-14)3-4-12(11)20-21-15/h1-6,10,13,16,18-19H,7-8H2,(H,20,21)/t10-,13+,16?/m0/s1. The third kappa shape index (κ3) is 2.06. The van der Waals surface area contributed by atoms with Gasteiger partial charge < -0.3 is 10.6 Å². The van der Waals surface area contributed by atoms with E-state index < -0.39 is 0 Å². The topological polar surface area (TPSA) is 69.8 Å². The van der Waals surface area contributed by atoms with E-state index in [2.05, 4.69) is 44.4 Å². The van der Waals surface area contributed by atoms with Gasteiger partial charge in [0, 0.05) is 28.9 Å². The molecule has 2 aliphatic heterocycles. The molecule has 2 fully saturated rings. The molecule has 3 atom stereocenters. The number of nitrogens with zero attached hydrogens (tertiary/aromatic N) is 1. The highest BCUT2D eigenvalue weighted by Gasteiger charge is 2.43. The number of ketones is 1. The molecule has 0 radical (unpaired) electrons. The number of Topliss-reactive ketones (excluding diaryl/α,β-unsaturated/α-hetero) is 1. The summed E-state index contributed by atoms with van der Waals surface area (Å²) in [6, 6.07) is 10.8. The number of nitrogens with one attached hydrogen (secondary N) is 3. The van der Waals surface area contributed by atoms with Gasteiger partial charge in [-0.25, -0.2) is 0 Å². The summed E-state index contributed by atoms with van der Waals surface area (Å²) in [6.45, 7) is 0.957. The SMILES string of the molecule is O=C(c1n[nH]c2ccc(-c3cccs3)cc12)C1N[C@@H]2CN[C@@H]1C2. The molecule has 0 amide bonds. The Hall–Kier alpha value is -2.02. The molecule has 4 heterocycles.